The van der Waals surface area contributed by atoms with Gasteiger partial charge in [-0.15, -0.1) is 0 Å². The van der Waals surface area contributed by atoms with Gasteiger partial charge < -0.3 is 0 Å². The third kappa shape index (κ3) is 1.63. The van der Waals surface area contributed by atoms with Gasteiger partial charge in [-0.1, -0.05) is 13.8 Å². The van der Waals surface area contributed by atoms with Crippen molar-refractivity contribution in [1.82, 2.24) is 4.90 Å². The summed E-state index contributed by atoms with van der Waals surface area (Å²) in [5, 5.41) is 8.50. The van der Waals surface area contributed by atoms with Crippen LogP contribution in [0.1, 0.15) is 33.6 Å². The number of carbonyl (C=O) groups excluding carboxylic acids is 2. The Bertz CT molecular complexity index is 315. The number of rotatable bonds is 2. The maximum absolute atomic E-state index is 11.7. The van der Waals surface area contributed by atoms with Crippen LogP contribution in [0.15, 0.2) is 0 Å². The Morgan fingerprint density at radius 2 is 2.14 bits per heavy atom. The van der Waals surface area contributed by atoms with Gasteiger partial charge in [-0.25, -0.2) is 0 Å². The highest BCUT2D eigenvalue weighted by Crippen LogP contribution is 2.33. The molecule has 0 aromatic carbocycles. The second kappa shape index (κ2) is 3.41. The average molecular weight is 194 g/mol. The predicted molar refractivity (Wildman–Crippen MR) is 49.9 cm³/mol. The summed E-state index contributed by atoms with van der Waals surface area (Å²) in [6.07, 6.45) is 0.454. The molecule has 14 heavy (non-hydrogen) atoms. The first-order valence-electron chi connectivity index (χ1n) is 4.63. The lowest BCUT2D eigenvalue weighted by Gasteiger charge is -2.22. The normalized spacial score (nSPS) is 22.3. The lowest BCUT2D eigenvalue weighted by atomic mass is 9.92. The Balaban J connectivity index is 2.87. The molecule has 1 saturated heterocycles. The molecule has 0 bridgehead atoms. The van der Waals surface area contributed by atoms with E-state index in [-0.39, 0.29) is 30.7 Å². The van der Waals surface area contributed by atoms with Crippen molar-refractivity contribution < 1.29 is 9.59 Å². The van der Waals surface area contributed by atoms with Gasteiger partial charge in [0.1, 0.15) is 0 Å². The number of likely N-dealkylation sites (tertiary alicyclic amines) is 1. The highest BCUT2D eigenvalue weighted by atomic mass is 16.2. The van der Waals surface area contributed by atoms with Crippen molar-refractivity contribution in [3.63, 3.8) is 0 Å². The van der Waals surface area contributed by atoms with Crippen molar-refractivity contribution in [2.24, 2.45) is 5.41 Å². The molecule has 1 heterocycles. The number of hydrogen-bond acceptors (Lipinski definition) is 3. The Hall–Kier alpha value is -1.37. The fourth-order valence-electron chi connectivity index (χ4n) is 1.65. The molecule has 76 valence electrons. The highest BCUT2D eigenvalue weighted by Gasteiger charge is 2.46. The third-order valence-corrected chi connectivity index (χ3v) is 2.49. The summed E-state index contributed by atoms with van der Waals surface area (Å²) in [5.41, 5.74) is -0.596. The molecule has 0 N–H and O–H groups in total. The minimum absolute atomic E-state index is 0.162. The molecule has 2 amide bonds. The topological polar surface area (TPSA) is 61.2 Å². The zero-order valence-electron chi connectivity index (χ0n) is 8.70. The highest BCUT2D eigenvalue weighted by molar-refractivity contribution is 6.05. The Kier molecular flexibility index (Phi) is 2.61. The summed E-state index contributed by atoms with van der Waals surface area (Å²) < 4.78 is 0. The van der Waals surface area contributed by atoms with E-state index >= 15 is 0 Å². The Morgan fingerprint density at radius 3 is 2.50 bits per heavy atom. The largest absolute Gasteiger partial charge is 0.278 e. The van der Waals surface area contributed by atoms with E-state index in [9.17, 15) is 9.59 Å². The van der Waals surface area contributed by atoms with Gasteiger partial charge in [-0.3, -0.25) is 14.5 Å². The molecular formula is C10H14N2O2. The van der Waals surface area contributed by atoms with Crippen LogP contribution < -0.4 is 0 Å². The number of nitrogens with zero attached hydrogens (tertiary/aromatic N) is 2. The van der Waals surface area contributed by atoms with Crippen molar-refractivity contribution in [3.05, 3.63) is 0 Å². The number of hydrogen-bond donors (Lipinski definition) is 0. The summed E-state index contributed by atoms with van der Waals surface area (Å²) in [4.78, 5) is 24.5. The van der Waals surface area contributed by atoms with Crippen LogP contribution >= 0.6 is 0 Å². The quantitative estimate of drug-likeness (QED) is 0.618. The molecule has 1 atom stereocenters. The second-order valence-corrected chi connectivity index (χ2v) is 4.34. The molecule has 4 heteroatoms. The summed E-state index contributed by atoms with van der Waals surface area (Å²) in [5.74, 6) is -0.326. The van der Waals surface area contributed by atoms with Crippen LogP contribution in [0.3, 0.4) is 0 Å². The third-order valence-electron chi connectivity index (χ3n) is 2.49. The van der Waals surface area contributed by atoms with Gasteiger partial charge in [0, 0.05) is 12.5 Å². The van der Waals surface area contributed by atoms with Crippen LogP contribution in [-0.2, 0) is 9.59 Å². The standard InChI is InChI=1S/C10H14N2O2/c1-7(4-5-11)12-8(13)6-10(2,3)9(12)14/h7H,4,6H2,1-3H3. The van der Waals surface area contributed by atoms with Gasteiger partial charge in [0.15, 0.2) is 0 Å². The van der Waals surface area contributed by atoms with Gasteiger partial charge in [0.05, 0.1) is 17.9 Å². The van der Waals surface area contributed by atoms with E-state index in [4.69, 9.17) is 5.26 Å². The van der Waals surface area contributed by atoms with E-state index in [0.717, 1.165) is 0 Å². The first kappa shape index (κ1) is 10.7. The summed E-state index contributed by atoms with van der Waals surface area (Å²) in [6.45, 7) is 5.24. The molecular weight excluding hydrogens is 180 g/mol. The zero-order valence-corrected chi connectivity index (χ0v) is 8.70. The number of carbonyl (C=O) groups is 2. The number of nitriles is 1. The fraction of sp³-hybridized carbons (Fsp3) is 0.700. The SMILES string of the molecule is CC(CC#N)N1C(=O)CC(C)(C)C1=O. The second-order valence-electron chi connectivity index (χ2n) is 4.34. The zero-order chi connectivity index (χ0) is 10.9. The van der Waals surface area contributed by atoms with Crippen LogP contribution in [0.25, 0.3) is 0 Å². The number of amides is 2. The first-order chi connectivity index (χ1) is 6.40. The summed E-state index contributed by atoms with van der Waals surface area (Å²) in [6, 6.07) is 1.66. The maximum Gasteiger partial charge on any atom is 0.235 e. The van der Waals surface area contributed by atoms with E-state index in [2.05, 4.69) is 0 Å². The van der Waals surface area contributed by atoms with Crippen molar-refractivity contribution >= 4 is 11.8 Å². The first-order valence-corrected chi connectivity index (χ1v) is 4.63. The van der Waals surface area contributed by atoms with Gasteiger partial charge in [0.25, 0.3) is 0 Å². The smallest absolute Gasteiger partial charge is 0.235 e. The van der Waals surface area contributed by atoms with E-state index in [1.165, 1.54) is 4.90 Å². The van der Waals surface area contributed by atoms with Crippen LogP contribution in [0, 0.1) is 16.7 Å². The Morgan fingerprint density at radius 1 is 1.57 bits per heavy atom. The lowest BCUT2D eigenvalue weighted by Crippen LogP contribution is -2.39. The van der Waals surface area contributed by atoms with Gasteiger partial charge in [0.2, 0.25) is 11.8 Å². The van der Waals surface area contributed by atoms with Crippen LogP contribution in [-0.4, -0.2) is 22.8 Å². The molecule has 1 aliphatic heterocycles. The molecule has 0 aliphatic carbocycles. The number of imide groups is 1. The van der Waals surface area contributed by atoms with E-state index in [1.807, 2.05) is 6.07 Å². The molecule has 0 spiro atoms. The average Bonchev–Trinajstić information content (AvgIpc) is 2.22. The predicted octanol–water partition coefficient (Wildman–Crippen LogP) is 1.07. The molecule has 0 aromatic heterocycles. The summed E-state index contributed by atoms with van der Waals surface area (Å²) in [7, 11) is 0. The van der Waals surface area contributed by atoms with Crippen molar-refractivity contribution in [2.75, 3.05) is 0 Å². The molecule has 0 aromatic rings. The van der Waals surface area contributed by atoms with Crippen molar-refractivity contribution in [3.8, 4) is 6.07 Å². The molecule has 1 fully saturated rings. The van der Waals surface area contributed by atoms with Crippen molar-refractivity contribution in [2.45, 2.75) is 39.7 Å². The van der Waals surface area contributed by atoms with E-state index < -0.39 is 5.41 Å². The van der Waals surface area contributed by atoms with Crippen molar-refractivity contribution in [1.29, 1.82) is 5.26 Å². The molecule has 1 unspecified atom stereocenters. The van der Waals surface area contributed by atoms with Crippen LogP contribution in [0.2, 0.25) is 0 Å². The minimum atomic E-state index is -0.596. The Labute approximate surface area is 83.5 Å². The van der Waals surface area contributed by atoms with Gasteiger partial charge in [-0.05, 0) is 6.92 Å². The van der Waals surface area contributed by atoms with E-state index in [1.54, 1.807) is 20.8 Å². The molecule has 1 rings (SSSR count). The maximum atomic E-state index is 11.7. The molecule has 4 nitrogen and oxygen atoms in total. The summed E-state index contributed by atoms with van der Waals surface area (Å²) >= 11 is 0. The van der Waals surface area contributed by atoms with E-state index in [0.29, 0.717) is 0 Å². The monoisotopic (exact) mass is 194 g/mol. The lowest BCUT2D eigenvalue weighted by molar-refractivity contribution is -0.143. The molecule has 0 saturated carbocycles. The van der Waals surface area contributed by atoms with Crippen LogP contribution in [0.4, 0.5) is 0 Å². The fourth-order valence-corrected chi connectivity index (χ4v) is 1.65. The minimum Gasteiger partial charge on any atom is -0.278 e. The van der Waals surface area contributed by atoms with Gasteiger partial charge in [-0.2, -0.15) is 5.26 Å². The van der Waals surface area contributed by atoms with Crippen LogP contribution in [0.5, 0.6) is 0 Å². The molecule has 1 aliphatic rings. The molecule has 0 radical (unpaired) electrons. The van der Waals surface area contributed by atoms with Gasteiger partial charge >= 0.3 is 0 Å².